The lowest BCUT2D eigenvalue weighted by molar-refractivity contribution is -0.120. The van der Waals surface area contributed by atoms with Crippen LogP contribution in [0.15, 0.2) is 78.5 Å². The van der Waals surface area contributed by atoms with Crippen LogP contribution in [0.2, 0.25) is 0 Å². The van der Waals surface area contributed by atoms with Gasteiger partial charge < -0.3 is 14.8 Å². The van der Waals surface area contributed by atoms with E-state index in [1.165, 1.54) is 4.90 Å². The maximum Gasteiger partial charge on any atom is 0.282 e. The minimum Gasteiger partial charge on any atom is -0.497 e. The molecule has 0 saturated heterocycles. The fourth-order valence-corrected chi connectivity index (χ4v) is 3.59. The smallest absolute Gasteiger partial charge is 0.282 e. The third-order valence-electron chi connectivity index (χ3n) is 5.15. The molecule has 0 fully saturated rings. The van der Waals surface area contributed by atoms with Crippen molar-refractivity contribution in [2.24, 2.45) is 0 Å². The van der Waals surface area contributed by atoms with Crippen LogP contribution in [0, 0.1) is 6.92 Å². The van der Waals surface area contributed by atoms with E-state index in [1.54, 1.807) is 37.4 Å². The number of imide groups is 1. The summed E-state index contributed by atoms with van der Waals surface area (Å²) in [5.41, 5.74) is 3.37. The molecule has 0 unspecified atom stereocenters. The Morgan fingerprint density at radius 2 is 1.59 bits per heavy atom. The lowest BCUT2D eigenvalue weighted by Crippen LogP contribution is -2.32. The van der Waals surface area contributed by atoms with Gasteiger partial charge in [0.2, 0.25) is 0 Å². The number of amides is 2. The molecule has 3 aromatic rings. The van der Waals surface area contributed by atoms with Gasteiger partial charge in [0, 0.05) is 17.8 Å². The molecule has 1 aliphatic heterocycles. The number of carbonyl (C=O) groups excluding carboxylic acids is 2. The van der Waals surface area contributed by atoms with E-state index in [4.69, 9.17) is 9.47 Å². The molecule has 0 spiro atoms. The molecule has 0 saturated carbocycles. The third-order valence-corrected chi connectivity index (χ3v) is 5.15. The van der Waals surface area contributed by atoms with Crippen molar-refractivity contribution < 1.29 is 19.1 Å². The van der Waals surface area contributed by atoms with Crippen molar-refractivity contribution in [2.45, 2.75) is 13.8 Å². The second-order valence-corrected chi connectivity index (χ2v) is 7.35. The molecule has 4 rings (SSSR count). The Hall–Kier alpha value is -4.06. The second-order valence-electron chi connectivity index (χ2n) is 7.35. The molecular formula is C26H24N2O4. The zero-order chi connectivity index (χ0) is 22.7. The van der Waals surface area contributed by atoms with E-state index in [-0.39, 0.29) is 5.70 Å². The highest BCUT2D eigenvalue weighted by atomic mass is 16.5. The van der Waals surface area contributed by atoms with Gasteiger partial charge in [-0.3, -0.25) is 9.59 Å². The zero-order valence-corrected chi connectivity index (χ0v) is 18.2. The molecule has 0 bridgehead atoms. The van der Waals surface area contributed by atoms with Gasteiger partial charge in [0.25, 0.3) is 11.8 Å². The van der Waals surface area contributed by atoms with E-state index >= 15 is 0 Å². The first-order valence-electron chi connectivity index (χ1n) is 10.4. The highest BCUT2D eigenvalue weighted by molar-refractivity contribution is 6.46. The largest absolute Gasteiger partial charge is 0.497 e. The van der Waals surface area contributed by atoms with Crippen LogP contribution >= 0.6 is 0 Å². The summed E-state index contributed by atoms with van der Waals surface area (Å²) >= 11 is 0. The lowest BCUT2D eigenvalue weighted by Gasteiger charge is -2.16. The van der Waals surface area contributed by atoms with E-state index in [9.17, 15) is 9.59 Å². The molecule has 0 radical (unpaired) electrons. The number of carbonyl (C=O) groups is 2. The Bertz CT molecular complexity index is 1200. The summed E-state index contributed by atoms with van der Waals surface area (Å²) in [5, 5.41) is 3.15. The van der Waals surface area contributed by atoms with Crippen LogP contribution in [-0.2, 0) is 9.59 Å². The number of nitrogens with one attached hydrogen (secondary N) is 1. The zero-order valence-electron chi connectivity index (χ0n) is 18.2. The predicted molar refractivity (Wildman–Crippen MR) is 125 cm³/mol. The van der Waals surface area contributed by atoms with Crippen LogP contribution in [0.25, 0.3) is 5.57 Å². The predicted octanol–water partition coefficient (Wildman–Crippen LogP) is 4.80. The number of benzene rings is 3. The molecule has 1 heterocycles. The number of hydrogen-bond donors (Lipinski definition) is 1. The van der Waals surface area contributed by atoms with Gasteiger partial charge in [0.05, 0.1) is 25.0 Å². The lowest BCUT2D eigenvalue weighted by atomic mass is 10.0. The van der Waals surface area contributed by atoms with Crippen molar-refractivity contribution in [1.29, 1.82) is 0 Å². The maximum atomic E-state index is 13.5. The van der Waals surface area contributed by atoms with E-state index < -0.39 is 11.8 Å². The Morgan fingerprint density at radius 1 is 0.875 bits per heavy atom. The molecule has 162 valence electrons. The maximum absolute atomic E-state index is 13.5. The number of hydrogen-bond acceptors (Lipinski definition) is 5. The normalized spacial score (nSPS) is 13.5. The monoisotopic (exact) mass is 428 g/mol. The standard InChI is InChI=1S/C26H24N2O4/c1-4-32-22-10-6-8-20(16-22)28-25(29)23(18-13-11-17(2)12-14-18)24(26(28)30)27-19-7-5-9-21(15-19)31-3/h5-16,27H,4H2,1-3H3. The topological polar surface area (TPSA) is 67.9 Å². The SMILES string of the molecule is CCOc1cccc(N2C(=O)C(Nc3cccc(OC)c3)=C(c3ccc(C)cc3)C2=O)c1. The Balaban J connectivity index is 1.79. The molecule has 0 atom stereocenters. The average molecular weight is 428 g/mol. The van der Waals surface area contributed by atoms with Crippen LogP contribution in [-0.4, -0.2) is 25.5 Å². The van der Waals surface area contributed by atoms with Crippen molar-refractivity contribution in [3.05, 3.63) is 89.6 Å². The van der Waals surface area contributed by atoms with Gasteiger partial charge >= 0.3 is 0 Å². The summed E-state index contributed by atoms with van der Waals surface area (Å²) in [6, 6.07) is 21.7. The van der Waals surface area contributed by atoms with Crippen LogP contribution in [0.4, 0.5) is 11.4 Å². The van der Waals surface area contributed by atoms with Gasteiger partial charge in [-0.15, -0.1) is 0 Å². The molecule has 1 N–H and O–H groups in total. The fraction of sp³-hybridized carbons (Fsp3) is 0.154. The number of methoxy groups -OCH3 is 1. The van der Waals surface area contributed by atoms with E-state index in [2.05, 4.69) is 5.32 Å². The first-order chi connectivity index (χ1) is 15.5. The summed E-state index contributed by atoms with van der Waals surface area (Å²) in [4.78, 5) is 28.2. The van der Waals surface area contributed by atoms with Crippen molar-refractivity contribution in [2.75, 3.05) is 23.9 Å². The molecule has 0 aliphatic carbocycles. The average Bonchev–Trinajstić information content (AvgIpc) is 3.04. The molecule has 1 aliphatic rings. The molecular weight excluding hydrogens is 404 g/mol. The molecule has 0 aromatic heterocycles. The summed E-state index contributed by atoms with van der Waals surface area (Å²) in [7, 11) is 1.58. The number of nitrogens with zero attached hydrogens (tertiary/aromatic N) is 1. The van der Waals surface area contributed by atoms with Crippen molar-refractivity contribution in [3.63, 3.8) is 0 Å². The number of ether oxygens (including phenoxy) is 2. The first kappa shape index (κ1) is 21.2. The number of anilines is 2. The van der Waals surface area contributed by atoms with Gasteiger partial charge in [-0.05, 0) is 43.7 Å². The minimum absolute atomic E-state index is 0.217. The van der Waals surface area contributed by atoms with Crippen molar-refractivity contribution in [1.82, 2.24) is 0 Å². The fourth-order valence-electron chi connectivity index (χ4n) is 3.59. The van der Waals surface area contributed by atoms with E-state index in [0.717, 1.165) is 5.56 Å². The second kappa shape index (κ2) is 8.98. The molecule has 32 heavy (non-hydrogen) atoms. The van der Waals surface area contributed by atoms with Crippen LogP contribution in [0.1, 0.15) is 18.1 Å². The molecule has 2 amide bonds. The van der Waals surface area contributed by atoms with Gasteiger partial charge in [-0.2, -0.15) is 0 Å². The van der Waals surface area contributed by atoms with Crippen LogP contribution in [0.3, 0.4) is 0 Å². The summed E-state index contributed by atoms with van der Waals surface area (Å²) < 4.78 is 10.8. The highest BCUT2D eigenvalue weighted by Crippen LogP contribution is 2.35. The van der Waals surface area contributed by atoms with E-state index in [0.29, 0.717) is 40.6 Å². The van der Waals surface area contributed by atoms with Crippen LogP contribution < -0.4 is 19.7 Å². The molecule has 3 aromatic carbocycles. The van der Waals surface area contributed by atoms with Gasteiger partial charge in [0.1, 0.15) is 17.2 Å². The van der Waals surface area contributed by atoms with Gasteiger partial charge in [0.15, 0.2) is 0 Å². The van der Waals surface area contributed by atoms with E-state index in [1.807, 2.05) is 56.3 Å². The van der Waals surface area contributed by atoms with Crippen LogP contribution in [0.5, 0.6) is 11.5 Å². The number of rotatable bonds is 7. The van der Waals surface area contributed by atoms with Crippen molar-refractivity contribution >= 4 is 28.8 Å². The van der Waals surface area contributed by atoms with Crippen molar-refractivity contribution in [3.8, 4) is 11.5 Å². The minimum atomic E-state index is -0.429. The first-order valence-corrected chi connectivity index (χ1v) is 10.4. The molecule has 6 nitrogen and oxygen atoms in total. The quantitative estimate of drug-likeness (QED) is 0.548. The number of aryl methyl sites for hydroxylation is 1. The highest BCUT2D eigenvalue weighted by Gasteiger charge is 2.40. The third kappa shape index (κ3) is 4.07. The van der Waals surface area contributed by atoms with Gasteiger partial charge in [-0.25, -0.2) is 4.90 Å². The van der Waals surface area contributed by atoms with Gasteiger partial charge in [-0.1, -0.05) is 42.0 Å². The Kier molecular flexibility index (Phi) is 5.94. The Morgan fingerprint density at radius 3 is 2.31 bits per heavy atom. The summed E-state index contributed by atoms with van der Waals surface area (Å²) in [6.07, 6.45) is 0. The summed E-state index contributed by atoms with van der Waals surface area (Å²) in [6.45, 7) is 4.34. The summed E-state index contributed by atoms with van der Waals surface area (Å²) in [5.74, 6) is 0.419. The molecule has 6 heteroatoms. The Labute approximate surface area is 187 Å².